The van der Waals surface area contributed by atoms with Crippen LogP contribution in [0.15, 0.2) is 70.1 Å². The zero-order valence-corrected chi connectivity index (χ0v) is 15.7. The van der Waals surface area contributed by atoms with Gasteiger partial charge in [0.2, 0.25) is 5.95 Å². The molecule has 144 valence electrons. The van der Waals surface area contributed by atoms with Gasteiger partial charge < -0.3 is 18.8 Å². The van der Waals surface area contributed by atoms with Crippen molar-refractivity contribution in [3.63, 3.8) is 0 Å². The summed E-state index contributed by atoms with van der Waals surface area (Å²) in [6, 6.07) is 14.7. The molecule has 1 aliphatic heterocycles. The van der Waals surface area contributed by atoms with Crippen molar-refractivity contribution < 1.29 is 13.9 Å². The van der Waals surface area contributed by atoms with E-state index in [1.54, 1.807) is 25.6 Å². The number of hydrogen-bond acceptors (Lipinski definition) is 7. The van der Waals surface area contributed by atoms with E-state index in [9.17, 15) is 4.79 Å². The lowest BCUT2D eigenvalue weighted by Crippen LogP contribution is -2.33. The Kier molecular flexibility index (Phi) is 4.13. The molecule has 4 aromatic rings. The number of nitrogens with zero attached hydrogens (tertiary/aromatic N) is 3. The van der Waals surface area contributed by atoms with Crippen LogP contribution in [0.1, 0.15) is 5.56 Å². The first kappa shape index (κ1) is 17.2. The van der Waals surface area contributed by atoms with Crippen LogP contribution in [0.4, 0.5) is 5.95 Å². The van der Waals surface area contributed by atoms with Crippen molar-refractivity contribution >= 4 is 16.9 Å². The smallest absolute Gasteiger partial charge is 0.336 e. The molecular weight excluding hydrogens is 370 g/mol. The zero-order chi connectivity index (χ0) is 19.8. The molecule has 0 amide bonds. The first-order valence-corrected chi connectivity index (χ1v) is 9.12. The summed E-state index contributed by atoms with van der Waals surface area (Å²) < 4.78 is 16.7. The number of ether oxygens (including phenoxy) is 2. The van der Waals surface area contributed by atoms with Crippen LogP contribution in [-0.2, 0) is 6.54 Å². The highest BCUT2D eigenvalue weighted by Gasteiger charge is 2.24. The van der Waals surface area contributed by atoms with E-state index in [1.165, 1.54) is 6.07 Å². The zero-order valence-electron chi connectivity index (χ0n) is 15.7. The second-order valence-electron chi connectivity index (χ2n) is 6.65. The number of methoxy groups -OCH3 is 1. The molecule has 0 fully saturated rings. The first-order valence-electron chi connectivity index (χ1n) is 9.12. The van der Waals surface area contributed by atoms with Gasteiger partial charge in [0.25, 0.3) is 0 Å². The van der Waals surface area contributed by atoms with Crippen molar-refractivity contribution in [1.82, 2.24) is 9.97 Å². The van der Waals surface area contributed by atoms with E-state index in [0.29, 0.717) is 30.6 Å². The number of fused-ring (bicyclic) bond motifs is 3. The molecule has 1 aliphatic rings. The lowest BCUT2D eigenvalue weighted by Gasteiger charge is -2.29. The Bertz CT molecular complexity index is 1240. The normalized spacial score (nSPS) is 13.1. The van der Waals surface area contributed by atoms with Crippen LogP contribution in [0.2, 0.25) is 0 Å². The van der Waals surface area contributed by atoms with Gasteiger partial charge in [0.1, 0.15) is 17.1 Å². The van der Waals surface area contributed by atoms with Gasteiger partial charge in [-0.2, -0.15) is 0 Å². The Morgan fingerprint density at radius 3 is 2.62 bits per heavy atom. The van der Waals surface area contributed by atoms with Crippen LogP contribution < -0.4 is 20.0 Å². The Balaban J connectivity index is 1.65. The number of benzene rings is 2. The maximum Gasteiger partial charge on any atom is 0.336 e. The van der Waals surface area contributed by atoms with E-state index >= 15 is 0 Å². The molecular formula is C22H17N3O4. The topological polar surface area (TPSA) is 77.7 Å². The van der Waals surface area contributed by atoms with Crippen LogP contribution in [0.3, 0.4) is 0 Å². The summed E-state index contributed by atoms with van der Waals surface area (Å²) >= 11 is 0. The van der Waals surface area contributed by atoms with Crippen molar-refractivity contribution in [2.24, 2.45) is 0 Å². The third-order valence-electron chi connectivity index (χ3n) is 4.93. The monoisotopic (exact) mass is 387 g/mol. The summed E-state index contributed by atoms with van der Waals surface area (Å²) in [5, 5.41) is 0.841. The summed E-state index contributed by atoms with van der Waals surface area (Å²) in [7, 11) is 1.62. The molecule has 2 aromatic carbocycles. The lowest BCUT2D eigenvalue weighted by molar-refractivity contribution is 0.286. The van der Waals surface area contributed by atoms with Crippen LogP contribution in [0, 0.1) is 0 Å². The predicted octanol–water partition coefficient (Wildman–Crippen LogP) is 3.62. The molecule has 0 saturated heterocycles. The molecule has 7 nitrogen and oxygen atoms in total. The standard InChI is InChI=1S/C22H17N3O4/c1-27-15-5-3-14(4-6-15)17-11-20(26)29-21-16(17)7-8-19-18(21)12-25(13-28-19)22-23-9-2-10-24-22/h2-11H,12-13H2,1H3. The van der Waals surface area contributed by atoms with Gasteiger partial charge in [-0.15, -0.1) is 0 Å². The van der Waals surface area contributed by atoms with E-state index in [2.05, 4.69) is 9.97 Å². The summed E-state index contributed by atoms with van der Waals surface area (Å²) in [6.07, 6.45) is 3.37. The van der Waals surface area contributed by atoms with Crippen molar-refractivity contribution in [3.05, 3.63) is 76.9 Å². The van der Waals surface area contributed by atoms with E-state index < -0.39 is 5.63 Å². The van der Waals surface area contributed by atoms with Gasteiger partial charge in [0.15, 0.2) is 6.73 Å². The van der Waals surface area contributed by atoms with E-state index in [4.69, 9.17) is 13.9 Å². The average molecular weight is 387 g/mol. The van der Waals surface area contributed by atoms with Crippen molar-refractivity contribution in [2.75, 3.05) is 18.7 Å². The molecule has 2 aromatic heterocycles. The Morgan fingerprint density at radius 2 is 1.86 bits per heavy atom. The minimum atomic E-state index is -0.412. The maximum absolute atomic E-state index is 12.4. The largest absolute Gasteiger partial charge is 0.497 e. The van der Waals surface area contributed by atoms with Gasteiger partial charge in [0, 0.05) is 23.8 Å². The molecule has 29 heavy (non-hydrogen) atoms. The molecule has 0 N–H and O–H groups in total. The Hall–Kier alpha value is -3.87. The molecule has 0 atom stereocenters. The number of hydrogen-bond donors (Lipinski definition) is 0. The van der Waals surface area contributed by atoms with Crippen molar-refractivity contribution in [1.29, 1.82) is 0 Å². The summed E-state index contributed by atoms with van der Waals surface area (Å²) in [6.45, 7) is 0.802. The molecule has 7 heteroatoms. The van der Waals surface area contributed by atoms with Gasteiger partial charge >= 0.3 is 5.63 Å². The second-order valence-corrected chi connectivity index (χ2v) is 6.65. The van der Waals surface area contributed by atoms with E-state index in [-0.39, 0.29) is 0 Å². The predicted molar refractivity (Wildman–Crippen MR) is 108 cm³/mol. The van der Waals surface area contributed by atoms with E-state index in [0.717, 1.165) is 27.8 Å². The molecule has 0 saturated carbocycles. The third kappa shape index (κ3) is 3.06. The van der Waals surface area contributed by atoms with Gasteiger partial charge in [-0.05, 0) is 41.5 Å². The van der Waals surface area contributed by atoms with Crippen LogP contribution in [0.5, 0.6) is 11.5 Å². The van der Waals surface area contributed by atoms with Gasteiger partial charge in [-0.25, -0.2) is 14.8 Å². The van der Waals surface area contributed by atoms with Crippen LogP contribution in [-0.4, -0.2) is 23.8 Å². The Morgan fingerprint density at radius 1 is 1.07 bits per heavy atom. The van der Waals surface area contributed by atoms with Crippen molar-refractivity contribution in [3.8, 4) is 22.6 Å². The maximum atomic E-state index is 12.4. The fourth-order valence-corrected chi connectivity index (χ4v) is 3.53. The van der Waals surface area contributed by atoms with E-state index in [1.807, 2.05) is 41.3 Å². The number of rotatable bonds is 3. The molecule has 3 heterocycles. The SMILES string of the molecule is COc1ccc(-c2cc(=O)oc3c4c(ccc23)OCN(c2ncccn2)C4)cc1. The minimum Gasteiger partial charge on any atom is -0.497 e. The molecule has 5 rings (SSSR count). The summed E-state index contributed by atoms with van der Waals surface area (Å²) in [5.41, 5.74) is 2.61. The molecule has 0 bridgehead atoms. The minimum absolute atomic E-state index is 0.324. The fourth-order valence-electron chi connectivity index (χ4n) is 3.53. The quantitative estimate of drug-likeness (QED) is 0.497. The molecule has 0 spiro atoms. The number of aromatic nitrogens is 2. The third-order valence-corrected chi connectivity index (χ3v) is 4.93. The van der Waals surface area contributed by atoms with Crippen LogP contribution in [0.25, 0.3) is 22.1 Å². The van der Waals surface area contributed by atoms with Crippen LogP contribution >= 0.6 is 0 Å². The molecule has 0 aliphatic carbocycles. The highest BCUT2D eigenvalue weighted by Crippen LogP contribution is 2.36. The summed E-state index contributed by atoms with van der Waals surface area (Å²) in [5.74, 6) is 2.01. The van der Waals surface area contributed by atoms with Crippen molar-refractivity contribution in [2.45, 2.75) is 6.54 Å². The highest BCUT2D eigenvalue weighted by molar-refractivity contribution is 5.96. The fraction of sp³-hybridized carbons (Fsp3) is 0.136. The molecule has 0 unspecified atom stereocenters. The summed E-state index contributed by atoms with van der Waals surface area (Å²) in [4.78, 5) is 22.8. The molecule has 0 radical (unpaired) electrons. The lowest BCUT2D eigenvalue weighted by atomic mass is 9.99. The second kappa shape index (κ2) is 6.94. The number of anilines is 1. The Labute approximate surface area is 166 Å². The highest BCUT2D eigenvalue weighted by atomic mass is 16.5. The van der Waals surface area contributed by atoms with Gasteiger partial charge in [-0.3, -0.25) is 0 Å². The average Bonchev–Trinajstić information content (AvgIpc) is 2.79. The van der Waals surface area contributed by atoms with Gasteiger partial charge in [0.05, 0.1) is 19.2 Å². The first-order chi connectivity index (χ1) is 14.2. The van der Waals surface area contributed by atoms with Gasteiger partial charge in [-0.1, -0.05) is 12.1 Å².